The Morgan fingerprint density at radius 2 is 2.22 bits per heavy atom. The lowest BCUT2D eigenvalue weighted by Crippen LogP contribution is -2.05. The highest BCUT2D eigenvalue weighted by atomic mass is 32.2. The predicted octanol–water partition coefficient (Wildman–Crippen LogP) is 2.11. The number of aromatic amines is 1. The molecule has 1 atom stereocenters. The van der Waals surface area contributed by atoms with Crippen LogP contribution in [0, 0.1) is 5.82 Å². The van der Waals surface area contributed by atoms with Gasteiger partial charge in [-0.3, -0.25) is 4.79 Å². The first-order valence-electron chi connectivity index (χ1n) is 5.27. The zero-order valence-electron chi connectivity index (χ0n) is 9.55. The normalized spacial score (nSPS) is 12.4. The van der Waals surface area contributed by atoms with Crippen LogP contribution < -0.4 is 5.56 Å². The fourth-order valence-electron chi connectivity index (χ4n) is 1.37. The Hall–Kier alpha value is -1.66. The number of nitrogens with one attached hydrogen (secondary N) is 1. The van der Waals surface area contributed by atoms with Crippen molar-refractivity contribution in [3.63, 3.8) is 0 Å². The number of benzene rings is 1. The van der Waals surface area contributed by atoms with Crippen molar-refractivity contribution in [2.45, 2.75) is 23.1 Å². The summed E-state index contributed by atoms with van der Waals surface area (Å²) in [5.41, 5.74) is 0.222. The third kappa shape index (κ3) is 2.96. The van der Waals surface area contributed by atoms with E-state index in [1.807, 2.05) is 0 Å². The summed E-state index contributed by atoms with van der Waals surface area (Å²) in [4.78, 5) is 17.8. The number of aliphatic hydroxyl groups excluding tert-OH is 1. The highest BCUT2D eigenvalue weighted by molar-refractivity contribution is 7.99. The van der Waals surface area contributed by atoms with Gasteiger partial charge in [-0.25, -0.2) is 9.37 Å². The number of H-pyrrole nitrogens is 1. The van der Waals surface area contributed by atoms with Crippen LogP contribution in [-0.4, -0.2) is 15.1 Å². The van der Waals surface area contributed by atoms with Gasteiger partial charge in [0, 0.05) is 12.3 Å². The third-order valence-corrected chi connectivity index (χ3v) is 3.24. The Balaban J connectivity index is 2.27. The van der Waals surface area contributed by atoms with Crippen molar-refractivity contribution in [1.29, 1.82) is 0 Å². The standard InChI is InChI=1S/C12H11FN2O2S/c1-7(16)8-2-3-10(9(13)6-8)18-12-14-5-4-11(17)15-12/h2-7,16H,1H3,(H,14,15,17). The van der Waals surface area contributed by atoms with Crippen LogP contribution in [0.4, 0.5) is 4.39 Å². The van der Waals surface area contributed by atoms with Crippen LogP contribution in [0.15, 0.2) is 45.3 Å². The van der Waals surface area contributed by atoms with E-state index in [1.54, 1.807) is 19.1 Å². The van der Waals surface area contributed by atoms with Crippen molar-refractivity contribution in [1.82, 2.24) is 9.97 Å². The van der Waals surface area contributed by atoms with E-state index >= 15 is 0 Å². The molecule has 1 aromatic heterocycles. The second-order valence-electron chi connectivity index (χ2n) is 3.71. The van der Waals surface area contributed by atoms with Crippen molar-refractivity contribution in [2.75, 3.05) is 0 Å². The molecular weight excluding hydrogens is 255 g/mol. The number of hydrogen-bond donors (Lipinski definition) is 2. The second-order valence-corrected chi connectivity index (χ2v) is 4.74. The first-order chi connectivity index (χ1) is 8.56. The first-order valence-corrected chi connectivity index (χ1v) is 6.08. The van der Waals surface area contributed by atoms with Crippen molar-refractivity contribution in [2.24, 2.45) is 0 Å². The van der Waals surface area contributed by atoms with Gasteiger partial charge in [-0.15, -0.1) is 0 Å². The Labute approximate surface area is 107 Å². The maximum Gasteiger partial charge on any atom is 0.251 e. The summed E-state index contributed by atoms with van der Waals surface area (Å²) in [6.07, 6.45) is 0.650. The largest absolute Gasteiger partial charge is 0.389 e. The number of halogens is 1. The van der Waals surface area contributed by atoms with E-state index in [4.69, 9.17) is 0 Å². The Bertz CT molecular complexity index is 613. The van der Waals surface area contributed by atoms with E-state index in [9.17, 15) is 14.3 Å². The van der Waals surface area contributed by atoms with E-state index in [0.717, 1.165) is 11.8 Å². The monoisotopic (exact) mass is 266 g/mol. The molecule has 0 saturated carbocycles. The molecule has 0 aliphatic carbocycles. The lowest BCUT2D eigenvalue weighted by Gasteiger charge is -2.07. The molecule has 1 heterocycles. The lowest BCUT2D eigenvalue weighted by molar-refractivity contribution is 0.198. The van der Waals surface area contributed by atoms with Crippen LogP contribution >= 0.6 is 11.8 Å². The zero-order valence-corrected chi connectivity index (χ0v) is 10.4. The molecule has 4 nitrogen and oxygen atoms in total. The number of aromatic nitrogens is 2. The van der Waals surface area contributed by atoms with Gasteiger partial charge in [-0.05, 0) is 36.4 Å². The van der Waals surface area contributed by atoms with E-state index in [1.165, 1.54) is 18.3 Å². The maximum absolute atomic E-state index is 13.7. The van der Waals surface area contributed by atoms with Crippen LogP contribution in [0.2, 0.25) is 0 Å². The quantitative estimate of drug-likeness (QED) is 0.835. The Morgan fingerprint density at radius 1 is 1.44 bits per heavy atom. The molecule has 0 bridgehead atoms. The van der Waals surface area contributed by atoms with Gasteiger partial charge in [0.15, 0.2) is 5.16 Å². The van der Waals surface area contributed by atoms with Crippen LogP contribution in [0.25, 0.3) is 0 Å². The molecule has 0 amide bonds. The van der Waals surface area contributed by atoms with Crippen molar-refractivity contribution in [3.8, 4) is 0 Å². The lowest BCUT2D eigenvalue weighted by atomic mass is 10.1. The van der Waals surface area contributed by atoms with Gasteiger partial charge < -0.3 is 10.1 Å². The molecule has 18 heavy (non-hydrogen) atoms. The molecule has 0 radical (unpaired) electrons. The summed E-state index contributed by atoms with van der Waals surface area (Å²) >= 11 is 1.03. The molecule has 1 aromatic carbocycles. The van der Waals surface area contributed by atoms with Crippen molar-refractivity contribution in [3.05, 3.63) is 52.2 Å². The minimum absolute atomic E-state index is 0.284. The number of aliphatic hydroxyl groups is 1. The van der Waals surface area contributed by atoms with Gasteiger partial charge in [0.05, 0.1) is 11.0 Å². The average molecular weight is 266 g/mol. The summed E-state index contributed by atoms with van der Waals surface area (Å²) in [5, 5.41) is 9.66. The van der Waals surface area contributed by atoms with Crippen LogP contribution in [0.3, 0.4) is 0 Å². The number of rotatable bonds is 3. The van der Waals surface area contributed by atoms with E-state index in [-0.39, 0.29) is 5.56 Å². The van der Waals surface area contributed by atoms with Gasteiger partial charge in [0.2, 0.25) is 0 Å². The van der Waals surface area contributed by atoms with Gasteiger partial charge in [0.25, 0.3) is 5.56 Å². The van der Waals surface area contributed by atoms with Crippen molar-refractivity contribution >= 4 is 11.8 Å². The fourth-order valence-corrected chi connectivity index (χ4v) is 2.13. The predicted molar refractivity (Wildman–Crippen MR) is 66.0 cm³/mol. The molecule has 2 rings (SSSR count). The summed E-state index contributed by atoms with van der Waals surface area (Å²) < 4.78 is 13.7. The Morgan fingerprint density at radius 3 is 2.83 bits per heavy atom. The van der Waals surface area contributed by atoms with Crippen LogP contribution in [0.5, 0.6) is 0 Å². The molecule has 2 N–H and O–H groups in total. The van der Waals surface area contributed by atoms with E-state index in [0.29, 0.717) is 15.6 Å². The van der Waals surface area contributed by atoms with Gasteiger partial charge in [-0.1, -0.05) is 6.07 Å². The van der Waals surface area contributed by atoms with E-state index < -0.39 is 11.9 Å². The van der Waals surface area contributed by atoms with Gasteiger partial charge in [-0.2, -0.15) is 0 Å². The zero-order chi connectivity index (χ0) is 13.1. The molecule has 1 unspecified atom stereocenters. The Kier molecular flexibility index (Phi) is 3.78. The number of nitrogens with zero attached hydrogens (tertiary/aromatic N) is 1. The molecule has 6 heteroatoms. The molecular formula is C12H11FN2O2S. The fraction of sp³-hybridized carbons (Fsp3) is 0.167. The smallest absolute Gasteiger partial charge is 0.251 e. The number of hydrogen-bond acceptors (Lipinski definition) is 4. The first kappa shape index (κ1) is 12.8. The third-order valence-electron chi connectivity index (χ3n) is 2.29. The molecule has 0 spiro atoms. The van der Waals surface area contributed by atoms with Crippen LogP contribution in [-0.2, 0) is 0 Å². The van der Waals surface area contributed by atoms with Gasteiger partial charge in [0.1, 0.15) is 5.82 Å². The van der Waals surface area contributed by atoms with E-state index in [2.05, 4.69) is 9.97 Å². The summed E-state index contributed by atoms with van der Waals surface area (Å²) in [5.74, 6) is -0.454. The summed E-state index contributed by atoms with van der Waals surface area (Å²) in [7, 11) is 0. The molecule has 94 valence electrons. The second kappa shape index (κ2) is 5.32. The average Bonchev–Trinajstić information content (AvgIpc) is 2.31. The summed E-state index contributed by atoms with van der Waals surface area (Å²) in [6.45, 7) is 1.57. The minimum Gasteiger partial charge on any atom is -0.389 e. The summed E-state index contributed by atoms with van der Waals surface area (Å²) in [6, 6.07) is 5.75. The van der Waals surface area contributed by atoms with Gasteiger partial charge >= 0.3 is 0 Å². The molecule has 0 saturated heterocycles. The molecule has 2 aromatic rings. The molecule has 0 aliphatic heterocycles. The SMILES string of the molecule is CC(O)c1ccc(Sc2nccc(=O)[nH]2)c(F)c1. The van der Waals surface area contributed by atoms with Crippen LogP contribution in [0.1, 0.15) is 18.6 Å². The maximum atomic E-state index is 13.7. The van der Waals surface area contributed by atoms with Crippen molar-refractivity contribution < 1.29 is 9.50 Å². The highest BCUT2D eigenvalue weighted by Crippen LogP contribution is 2.28. The topological polar surface area (TPSA) is 66.0 Å². The molecule has 0 fully saturated rings. The highest BCUT2D eigenvalue weighted by Gasteiger charge is 2.09. The minimum atomic E-state index is -0.715. The molecule has 0 aliphatic rings.